The van der Waals surface area contributed by atoms with Crippen LogP contribution in [0.1, 0.15) is 23.6 Å². The molecule has 0 spiro atoms. The number of rotatable bonds is 6. The largest absolute Gasteiger partial charge is 0.483 e. The second-order valence-electron chi connectivity index (χ2n) is 6.53. The maximum atomic E-state index is 12.2. The van der Waals surface area contributed by atoms with Crippen LogP contribution in [0.3, 0.4) is 0 Å². The van der Waals surface area contributed by atoms with Crippen molar-refractivity contribution in [3.05, 3.63) is 71.0 Å². The summed E-state index contributed by atoms with van der Waals surface area (Å²) < 4.78 is 7.37. The Morgan fingerprint density at radius 2 is 2.10 bits per heavy atom. The van der Waals surface area contributed by atoms with Crippen molar-refractivity contribution in [3.8, 4) is 5.75 Å². The average Bonchev–Trinajstić information content (AvgIpc) is 3.20. The number of fused-ring (bicyclic) bond motifs is 1. The van der Waals surface area contributed by atoms with E-state index in [1.165, 1.54) is 6.33 Å². The summed E-state index contributed by atoms with van der Waals surface area (Å²) in [5, 5.41) is 10.2. The van der Waals surface area contributed by atoms with Crippen LogP contribution in [0.5, 0.6) is 5.75 Å². The summed E-state index contributed by atoms with van der Waals surface area (Å²) in [7, 11) is 0. The maximum absolute atomic E-state index is 12.2. The van der Waals surface area contributed by atoms with Gasteiger partial charge in [0.1, 0.15) is 12.1 Å². The first-order chi connectivity index (χ1) is 14.1. The molecule has 9 heteroatoms. The fraction of sp³-hybridized carbons (Fsp3) is 0.200. The molecule has 4 rings (SSSR count). The second kappa shape index (κ2) is 8.32. The van der Waals surface area contributed by atoms with E-state index in [4.69, 9.17) is 16.3 Å². The number of amides is 2. The van der Waals surface area contributed by atoms with Gasteiger partial charge in [0.15, 0.2) is 6.61 Å². The summed E-state index contributed by atoms with van der Waals surface area (Å²) in [5.74, 6) is 0.391. The Kier molecular flexibility index (Phi) is 5.44. The number of hydrogen-bond acceptors (Lipinski definition) is 5. The van der Waals surface area contributed by atoms with Crippen molar-refractivity contribution in [2.24, 2.45) is 0 Å². The quantitative estimate of drug-likeness (QED) is 0.649. The van der Waals surface area contributed by atoms with Crippen LogP contribution in [0.25, 0.3) is 0 Å². The number of carbonyl (C=O) groups excluding carboxylic acids is 2. The minimum Gasteiger partial charge on any atom is -0.483 e. The number of anilines is 1. The molecule has 2 heterocycles. The van der Waals surface area contributed by atoms with E-state index >= 15 is 0 Å². The van der Waals surface area contributed by atoms with Crippen molar-refractivity contribution < 1.29 is 14.3 Å². The monoisotopic (exact) mass is 411 g/mol. The Morgan fingerprint density at radius 3 is 2.93 bits per heavy atom. The normalized spacial score (nSPS) is 15.3. The van der Waals surface area contributed by atoms with Crippen LogP contribution in [-0.4, -0.2) is 33.2 Å². The molecule has 0 saturated heterocycles. The highest BCUT2D eigenvalue weighted by molar-refractivity contribution is 6.30. The second-order valence-corrected chi connectivity index (χ2v) is 6.97. The minimum atomic E-state index is -0.428. The molecule has 2 amide bonds. The Balaban J connectivity index is 1.48. The van der Waals surface area contributed by atoms with Gasteiger partial charge in [-0.3, -0.25) is 14.9 Å². The summed E-state index contributed by atoms with van der Waals surface area (Å²) in [5.41, 5.74) is 1.66. The summed E-state index contributed by atoms with van der Waals surface area (Å²) >= 11 is 6.17. The lowest BCUT2D eigenvalue weighted by atomic mass is 10.0. The number of ether oxygens (including phenoxy) is 1. The van der Waals surface area contributed by atoms with Crippen LogP contribution in [0.15, 0.2) is 54.9 Å². The van der Waals surface area contributed by atoms with Gasteiger partial charge in [-0.05, 0) is 23.8 Å². The zero-order chi connectivity index (χ0) is 20.2. The van der Waals surface area contributed by atoms with Gasteiger partial charge in [0, 0.05) is 17.1 Å². The van der Waals surface area contributed by atoms with Crippen LogP contribution in [0.2, 0.25) is 5.02 Å². The summed E-state index contributed by atoms with van der Waals surface area (Å²) in [6.07, 6.45) is 1.53. The number of halogens is 1. The molecule has 1 aliphatic heterocycles. The topological polar surface area (TPSA) is 98.1 Å². The predicted octanol–water partition coefficient (Wildman–Crippen LogP) is 2.56. The summed E-state index contributed by atoms with van der Waals surface area (Å²) in [6.45, 7) is 0.256. The molecular weight excluding hydrogens is 394 g/mol. The number of nitrogens with one attached hydrogen (secondary N) is 2. The zero-order valence-corrected chi connectivity index (χ0v) is 16.1. The average molecular weight is 412 g/mol. The minimum absolute atomic E-state index is 0.160. The molecule has 2 N–H and O–H groups in total. The van der Waals surface area contributed by atoms with Crippen molar-refractivity contribution in [3.63, 3.8) is 0 Å². The van der Waals surface area contributed by atoms with Gasteiger partial charge in [0.25, 0.3) is 5.91 Å². The van der Waals surface area contributed by atoms with Crippen LogP contribution in [0.4, 0.5) is 5.95 Å². The summed E-state index contributed by atoms with van der Waals surface area (Å²) in [6, 6.07) is 14.3. The molecule has 0 saturated carbocycles. The van der Waals surface area contributed by atoms with E-state index in [2.05, 4.69) is 20.7 Å². The molecule has 3 aromatic rings. The van der Waals surface area contributed by atoms with Gasteiger partial charge in [-0.15, -0.1) is 0 Å². The van der Waals surface area contributed by atoms with E-state index in [0.29, 0.717) is 28.8 Å². The Morgan fingerprint density at radius 1 is 1.28 bits per heavy atom. The smallest absolute Gasteiger partial charge is 0.258 e. The molecule has 148 valence electrons. The van der Waals surface area contributed by atoms with Gasteiger partial charge < -0.3 is 10.1 Å². The van der Waals surface area contributed by atoms with E-state index in [0.717, 1.165) is 5.56 Å². The van der Waals surface area contributed by atoms with E-state index in [9.17, 15) is 9.59 Å². The third-order valence-corrected chi connectivity index (χ3v) is 4.76. The van der Waals surface area contributed by atoms with Crippen molar-refractivity contribution in [2.75, 3.05) is 11.9 Å². The zero-order valence-electron chi connectivity index (χ0n) is 15.3. The molecule has 1 aromatic heterocycles. The standard InChI is InChI=1S/C20H18ClN5O3/c21-14-6-7-17(29-11-19(28)22-10-13-4-2-1-3-5-13)15(8-14)16-9-18(27)25-20-23-12-24-26(16)20/h1-8,12,16H,9-11H2,(H,22,28)(H,23,24,25,27)/t16-/m1/s1. The van der Waals surface area contributed by atoms with Gasteiger partial charge in [-0.25, -0.2) is 4.68 Å². The molecule has 1 aliphatic rings. The van der Waals surface area contributed by atoms with Crippen molar-refractivity contribution >= 4 is 29.4 Å². The lowest BCUT2D eigenvalue weighted by Gasteiger charge is -2.25. The first-order valence-corrected chi connectivity index (χ1v) is 9.40. The molecule has 2 aromatic carbocycles. The van der Waals surface area contributed by atoms with E-state index < -0.39 is 6.04 Å². The Hall–Kier alpha value is -3.39. The highest BCUT2D eigenvalue weighted by Crippen LogP contribution is 2.35. The number of carbonyl (C=O) groups is 2. The van der Waals surface area contributed by atoms with Gasteiger partial charge in [0.05, 0.1) is 12.5 Å². The van der Waals surface area contributed by atoms with Crippen molar-refractivity contribution in [1.29, 1.82) is 0 Å². The summed E-state index contributed by atoms with van der Waals surface area (Å²) in [4.78, 5) is 28.3. The van der Waals surface area contributed by atoms with Crippen LogP contribution < -0.4 is 15.4 Å². The SMILES string of the molecule is O=C(COc1ccc(Cl)cc1[C@H]1CC(=O)Nc2ncnn21)NCc1ccccc1. The molecular formula is C20H18ClN5O3. The van der Waals surface area contributed by atoms with E-state index in [1.807, 2.05) is 30.3 Å². The highest BCUT2D eigenvalue weighted by atomic mass is 35.5. The number of hydrogen-bond donors (Lipinski definition) is 2. The molecule has 0 fully saturated rings. The molecule has 0 aliphatic carbocycles. The molecule has 0 unspecified atom stereocenters. The van der Waals surface area contributed by atoms with Crippen LogP contribution in [-0.2, 0) is 16.1 Å². The van der Waals surface area contributed by atoms with Gasteiger partial charge in [-0.1, -0.05) is 41.9 Å². The highest BCUT2D eigenvalue weighted by Gasteiger charge is 2.30. The van der Waals surface area contributed by atoms with Gasteiger partial charge in [-0.2, -0.15) is 10.1 Å². The van der Waals surface area contributed by atoms with Gasteiger partial charge >= 0.3 is 0 Å². The fourth-order valence-corrected chi connectivity index (χ4v) is 3.33. The molecule has 0 bridgehead atoms. The maximum Gasteiger partial charge on any atom is 0.258 e. The first-order valence-electron chi connectivity index (χ1n) is 9.02. The molecule has 0 radical (unpaired) electrons. The Labute approximate surface area is 171 Å². The van der Waals surface area contributed by atoms with Crippen LogP contribution >= 0.6 is 11.6 Å². The molecule has 1 atom stereocenters. The lowest BCUT2D eigenvalue weighted by molar-refractivity contribution is -0.123. The van der Waals surface area contributed by atoms with E-state index in [-0.39, 0.29) is 24.8 Å². The van der Waals surface area contributed by atoms with Gasteiger partial charge in [0.2, 0.25) is 11.9 Å². The third-order valence-electron chi connectivity index (χ3n) is 4.52. The Bertz CT molecular complexity index is 1040. The fourth-order valence-electron chi connectivity index (χ4n) is 3.15. The van der Waals surface area contributed by atoms with Crippen molar-refractivity contribution in [2.45, 2.75) is 19.0 Å². The van der Waals surface area contributed by atoms with Crippen molar-refractivity contribution in [1.82, 2.24) is 20.1 Å². The predicted molar refractivity (Wildman–Crippen MR) is 107 cm³/mol. The number of aromatic nitrogens is 3. The molecule has 29 heavy (non-hydrogen) atoms. The van der Waals surface area contributed by atoms with Crippen LogP contribution in [0, 0.1) is 0 Å². The lowest BCUT2D eigenvalue weighted by Crippen LogP contribution is -2.30. The first kappa shape index (κ1) is 18.9. The number of benzene rings is 2. The molecule has 8 nitrogen and oxygen atoms in total. The third kappa shape index (κ3) is 4.38. The van der Waals surface area contributed by atoms with E-state index in [1.54, 1.807) is 22.9 Å². The number of nitrogens with zero attached hydrogens (tertiary/aromatic N) is 3.